The van der Waals surface area contributed by atoms with E-state index in [1.165, 1.54) is 23.5 Å². The van der Waals surface area contributed by atoms with Gasteiger partial charge in [0.05, 0.1) is 13.7 Å². The summed E-state index contributed by atoms with van der Waals surface area (Å²) >= 11 is 1.47. The lowest BCUT2D eigenvalue weighted by molar-refractivity contribution is -0.153. The highest BCUT2D eigenvalue weighted by atomic mass is 32.1. The average molecular weight is 358 g/mol. The number of fused-ring (bicyclic) bond motifs is 4. The lowest BCUT2D eigenvalue weighted by atomic mass is 9.89. The van der Waals surface area contributed by atoms with E-state index in [9.17, 15) is 9.59 Å². The molecule has 25 heavy (non-hydrogen) atoms. The van der Waals surface area contributed by atoms with Crippen LogP contribution in [-0.2, 0) is 26.5 Å². The Morgan fingerprint density at radius 2 is 2.08 bits per heavy atom. The van der Waals surface area contributed by atoms with E-state index in [1.54, 1.807) is 11.8 Å². The fraction of sp³-hybridized carbons (Fsp3) is 0.333. The zero-order valence-electron chi connectivity index (χ0n) is 14.0. The maximum Gasteiger partial charge on any atom is 0.345 e. The van der Waals surface area contributed by atoms with E-state index in [1.807, 2.05) is 41.8 Å². The number of urea groups is 1. The van der Waals surface area contributed by atoms with E-state index in [4.69, 9.17) is 9.57 Å². The Labute approximate surface area is 149 Å². The summed E-state index contributed by atoms with van der Waals surface area (Å²) in [5.74, 6) is -0.437. The standard InChI is InChI=1S/C18H18N2O4S/c1-18(16(21)23-2)15-13(8-9-25-15)14-10-19(18)17(22)20(14)24-11-12-6-4-3-5-7-12/h3-9,14H,10-11H2,1-2H3/t14-,18?/m1/s1. The number of hydrogen-bond donors (Lipinski definition) is 0. The highest BCUT2D eigenvalue weighted by Gasteiger charge is 2.59. The van der Waals surface area contributed by atoms with Crippen LogP contribution in [-0.4, -0.2) is 35.6 Å². The van der Waals surface area contributed by atoms with E-state index in [0.29, 0.717) is 13.2 Å². The molecule has 0 radical (unpaired) electrons. The first kappa shape index (κ1) is 16.1. The number of nitrogens with zero attached hydrogens (tertiary/aromatic N) is 2. The Hall–Kier alpha value is -2.38. The van der Waals surface area contributed by atoms with Crippen molar-refractivity contribution in [3.05, 3.63) is 57.8 Å². The summed E-state index contributed by atoms with van der Waals surface area (Å²) in [7, 11) is 1.34. The third kappa shape index (κ3) is 2.26. The molecule has 2 atom stereocenters. The molecule has 1 saturated heterocycles. The van der Waals surface area contributed by atoms with Gasteiger partial charge in [-0.05, 0) is 29.5 Å². The first-order valence-electron chi connectivity index (χ1n) is 8.01. The predicted molar refractivity (Wildman–Crippen MR) is 91.6 cm³/mol. The topological polar surface area (TPSA) is 59.1 Å². The maximum atomic E-state index is 12.9. The van der Waals surface area contributed by atoms with Crippen molar-refractivity contribution >= 4 is 23.3 Å². The second kappa shape index (κ2) is 5.86. The Kier molecular flexibility index (Phi) is 3.77. The number of methoxy groups -OCH3 is 1. The summed E-state index contributed by atoms with van der Waals surface area (Å²) in [6.07, 6.45) is 0. The first-order chi connectivity index (χ1) is 12.1. The molecule has 3 heterocycles. The zero-order chi connectivity index (χ0) is 17.6. The smallest absolute Gasteiger partial charge is 0.345 e. The van der Waals surface area contributed by atoms with Crippen LogP contribution in [0.15, 0.2) is 41.8 Å². The van der Waals surface area contributed by atoms with Crippen LogP contribution < -0.4 is 0 Å². The molecule has 1 aromatic heterocycles. The van der Waals surface area contributed by atoms with Gasteiger partial charge in [0, 0.05) is 4.88 Å². The minimum absolute atomic E-state index is 0.213. The van der Waals surface area contributed by atoms with Crippen LogP contribution in [0.2, 0.25) is 0 Å². The van der Waals surface area contributed by atoms with Gasteiger partial charge in [-0.25, -0.2) is 9.59 Å². The molecule has 1 fully saturated rings. The van der Waals surface area contributed by atoms with Crippen molar-refractivity contribution in [2.24, 2.45) is 0 Å². The number of hydrogen-bond acceptors (Lipinski definition) is 5. The fourth-order valence-corrected chi connectivity index (χ4v) is 4.65. The van der Waals surface area contributed by atoms with Gasteiger partial charge in [0.15, 0.2) is 5.54 Å². The molecule has 1 unspecified atom stereocenters. The Bertz CT molecular complexity index is 821. The molecule has 0 spiro atoms. The largest absolute Gasteiger partial charge is 0.467 e. The number of ether oxygens (including phenoxy) is 1. The van der Waals surface area contributed by atoms with Crippen LogP contribution in [0.4, 0.5) is 4.79 Å². The van der Waals surface area contributed by atoms with Gasteiger partial charge in [-0.15, -0.1) is 11.3 Å². The molecule has 2 aliphatic rings. The number of esters is 1. The highest BCUT2D eigenvalue weighted by Crippen LogP contribution is 2.49. The summed E-state index contributed by atoms with van der Waals surface area (Å²) in [6, 6.07) is 11.1. The molecule has 2 amide bonds. The molecule has 130 valence electrons. The second-order valence-electron chi connectivity index (χ2n) is 6.26. The van der Waals surface area contributed by atoms with Crippen LogP contribution in [0.3, 0.4) is 0 Å². The molecule has 6 nitrogen and oxygen atoms in total. The summed E-state index contributed by atoms with van der Waals surface area (Å²) in [5, 5.41) is 3.33. The van der Waals surface area contributed by atoms with Crippen LogP contribution in [0.1, 0.15) is 29.0 Å². The predicted octanol–water partition coefficient (Wildman–Crippen LogP) is 3.06. The normalized spacial score (nSPS) is 24.4. The van der Waals surface area contributed by atoms with E-state index in [-0.39, 0.29) is 12.1 Å². The number of amides is 2. The van der Waals surface area contributed by atoms with Gasteiger partial charge in [0.2, 0.25) is 0 Å². The summed E-state index contributed by atoms with van der Waals surface area (Å²) in [6.45, 7) is 2.44. The van der Waals surface area contributed by atoms with Crippen LogP contribution in [0.25, 0.3) is 0 Å². The van der Waals surface area contributed by atoms with Gasteiger partial charge in [-0.2, -0.15) is 5.06 Å². The van der Waals surface area contributed by atoms with E-state index < -0.39 is 11.5 Å². The lowest BCUT2D eigenvalue weighted by Crippen LogP contribution is -2.52. The molecule has 2 bridgehead atoms. The molecule has 2 aliphatic heterocycles. The highest BCUT2D eigenvalue weighted by molar-refractivity contribution is 7.10. The van der Waals surface area contributed by atoms with Crippen LogP contribution in [0.5, 0.6) is 0 Å². The molecule has 2 aromatic rings. The summed E-state index contributed by atoms with van der Waals surface area (Å²) < 4.78 is 5.00. The van der Waals surface area contributed by atoms with Crippen LogP contribution >= 0.6 is 11.3 Å². The molecular formula is C18H18N2O4S. The van der Waals surface area contributed by atoms with Gasteiger partial charge in [0.1, 0.15) is 12.6 Å². The van der Waals surface area contributed by atoms with Crippen LogP contribution in [0, 0.1) is 0 Å². The number of rotatable bonds is 4. The van der Waals surface area contributed by atoms with Crippen molar-refractivity contribution in [2.45, 2.75) is 25.1 Å². The number of thiophene rings is 1. The van der Waals surface area contributed by atoms with Crippen molar-refractivity contribution in [2.75, 3.05) is 13.7 Å². The number of benzene rings is 1. The van der Waals surface area contributed by atoms with Gasteiger partial charge in [-0.3, -0.25) is 9.74 Å². The van der Waals surface area contributed by atoms with Crippen molar-refractivity contribution in [3.8, 4) is 0 Å². The summed E-state index contributed by atoms with van der Waals surface area (Å²) in [4.78, 5) is 33.7. The monoisotopic (exact) mass is 358 g/mol. The molecule has 4 rings (SSSR count). The Balaban J connectivity index is 1.67. The van der Waals surface area contributed by atoms with E-state index in [2.05, 4.69) is 0 Å². The number of carbonyl (C=O) groups excluding carboxylic acids is 2. The SMILES string of the molecule is COC(=O)C1(C)c2sccc2[C@H]2CN1C(=O)N2OCc1ccccc1. The Morgan fingerprint density at radius 3 is 2.80 bits per heavy atom. The zero-order valence-corrected chi connectivity index (χ0v) is 14.8. The maximum absolute atomic E-state index is 12.9. The van der Waals surface area contributed by atoms with Gasteiger partial charge >= 0.3 is 12.0 Å². The van der Waals surface area contributed by atoms with Crippen molar-refractivity contribution in [1.82, 2.24) is 9.96 Å². The Morgan fingerprint density at radius 1 is 1.32 bits per heavy atom. The number of carbonyl (C=O) groups is 2. The summed E-state index contributed by atoms with van der Waals surface area (Å²) in [5.41, 5.74) is 0.817. The minimum atomic E-state index is -1.11. The average Bonchev–Trinajstić information content (AvgIpc) is 3.24. The van der Waals surface area contributed by atoms with Crippen molar-refractivity contribution in [1.29, 1.82) is 0 Å². The molecule has 0 aliphatic carbocycles. The number of hydroxylamine groups is 2. The molecular weight excluding hydrogens is 340 g/mol. The van der Waals surface area contributed by atoms with E-state index >= 15 is 0 Å². The minimum Gasteiger partial charge on any atom is -0.467 e. The van der Waals surface area contributed by atoms with Crippen molar-refractivity contribution < 1.29 is 19.2 Å². The van der Waals surface area contributed by atoms with Gasteiger partial charge < -0.3 is 4.74 Å². The van der Waals surface area contributed by atoms with Crippen molar-refractivity contribution in [3.63, 3.8) is 0 Å². The second-order valence-corrected chi connectivity index (χ2v) is 7.18. The van der Waals surface area contributed by atoms with Gasteiger partial charge in [-0.1, -0.05) is 30.3 Å². The van der Waals surface area contributed by atoms with Gasteiger partial charge in [0.25, 0.3) is 0 Å². The molecule has 7 heteroatoms. The molecule has 1 aromatic carbocycles. The third-order valence-corrected chi connectivity index (χ3v) is 6.03. The fourth-order valence-electron chi connectivity index (χ4n) is 3.54. The molecule has 0 saturated carbocycles. The third-order valence-electron chi connectivity index (χ3n) is 4.89. The lowest BCUT2D eigenvalue weighted by Gasteiger charge is -2.37. The quantitative estimate of drug-likeness (QED) is 0.788. The first-order valence-corrected chi connectivity index (χ1v) is 8.89. The molecule has 0 N–H and O–H groups in total. The van der Waals surface area contributed by atoms with E-state index in [0.717, 1.165) is 16.0 Å².